The Labute approximate surface area is 52.5 Å². The first-order chi connectivity index (χ1) is 3.83. The summed E-state index contributed by atoms with van der Waals surface area (Å²) in [6, 6.07) is 0. The molecule has 0 aromatic rings. The van der Waals surface area contributed by atoms with Gasteiger partial charge in [-0.15, -0.1) is 0 Å². The number of nitriles is 1. The van der Waals surface area contributed by atoms with E-state index in [2.05, 4.69) is 0 Å². The molecule has 1 aliphatic heterocycles. The third-order valence-electron chi connectivity index (χ3n) is 0.824. The number of rotatable bonds is 0. The van der Waals surface area contributed by atoms with Gasteiger partial charge < -0.3 is 0 Å². The molecule has 0 bridgehead atoms. The highest BCUT2D eigenvalue weighted by atomic mass is 35.5. The van der Waals surface area contributed by atoms with E-state index in [9.17, 15) is 0 Å². The first kappa shape index (κ1) is 5.26. The van der Waals surface area contributed by atoms with Crippen LogP contribution < -0.4 is 0 Å². The summed E-state index contributed by atoms with van der Waals surface area (Å²) in [6.07, 6.45) is 5.16. The Hall–Kier alpha value is -0.880. The van der Waals surface area contributed by atoms with Crippen molar-refractivity contribution >= 4 is 11.8 Å². The minimum absolute atomic E-state index is 0.456. The van der Waals surface area contributed by atoms with E-state index in [1.807, 2.05) is 6.19 Å². The molecule has 0 radical (unpaired) electrons. The molecule has 1 heterocycles. The Morgan fingerprint density at radius 1 is 1.62 bits per heavy atom. The molecule has 0 saturated heterocycles. The number of hydrogen-bond donors (Lipinski definition) is 0. The lowest BCUT2D eigenvalue weighted by Gasteiger charge is -2.04. The quantitative estimate of drug-likeness (QED) is 0.356. The van der Waals surface area contributed by atoms with Crippen LogP contribution >= 0.6 is 11.8 Å². The molecule has 0 saturated carbocycles. The van der Waals surface area contributed by atoms with E-state index in [0.29, 0.717) is 6.67 Å². The van der Waals surface area contributed by atoms with Gasteiger partial charge in [-0.1, -0.05) is 0 Å². The van der Waals surface area contributed by atoms with E-state index in [4.69, 9.17) is 17.0 Å². The number of halogens is 1. The van der Waals surface area contributed by atoms with Crippen molar-refractivity contribution in [3.05, 3.63) is 12.4 Å². The fraction of sp³-hybridized carbons (Fsp3) is 0.250. The second kappa shape index (κ2) is 1.93. The molecule has 0 amide bonds. The van der Waals surface area contributed by atoms with Gasteiger partial charge in [0.1, 0.15) is 6.67 Å². The predicted octanol–water partition coefficient (Wildman–Crippen LogP) is 0.668. The molecule has 1 rings (SSSR count). The Morgan fingerprint density at radius 3 is 2.62 bits per heavy atom. The normalized spacial score (nSPS) is 17.0. The van der Waals surface area contributed by atoms with Crippen molar-refractivity contribution in [2.45, 2.75) is 0 Å². The van der Waals surface area contributed by atoms with Gasteiger partial charge in [-0.05, 0) is 0 Å². The summed E-state index contributed by atoms with van der Waals surface area (Å²) in [5, 5.41) is 8.22. The van der Waals surface area contributed by atoms with Gasteiger partial charge in [0.05, 0.1) is 0 Å². The van der Waals surface area contributed by atoms with E-state index >= 15 is 0 Å². The molecule has 0 aliphatic carbocycles. The van der Waals surface area contributed by atoms with Crippen molar-refractivity contribution in [2.75, 3.05) is 6.67 Å². The van der Waals surface area contributed by atoms with Crippen molar-refractivity contribution in [2.24, 2.45) is 0 Å². The maximum absolute atomic E-state index is 8.22. The van der Waals surface area contributed by atoms with E-state index in [-0.39, 0.29) is 0 Å². The van der Waals surface area contributed by atoms with Crippen LogP contribution in [0, 0.1) is 11.5 Å². The fourth-order valence-corrected chi connectivity index (χ4v) is 0.623. The van der Waals surface area contributed by atoms with Crippen molar-refractivity contribution < 1.29 is 0 Å². The standard InChI is InChI=1S/C4H4ClN3/c5-8-2-1-7(3-6)4-8/h1-2H,4H2. The zero-order chi connectivity index (χ0) is 5.98. The van der Waals surface area contributed by atoms with Gasteiger partial charge in [-0.3, -0.25) is 9.32 Å². The molecule has 0 unspecified atom stereocenters. The van der Waals surface area contributed by atoms with Crippen LogP contribution in [0.25, 0.3) is 0 Å². The smallest absolute Gasteiger partial charge is 0.185 e. The molecule has 1 aliphatic rings. The van der Waals surface area contributed by atoms with Gasteiger partial charge in [0.15, 0.2) is 6.19 Å². The van der Waals surface area contributed by atoms with E-state index in [1.54, 1.807) is 12.4 Å². The predicted molar refractivity (Wildman–Crippen MR) is 29.2 cm³/mol. The molecule has 8 heavy (non-hydrogen) atoms. The Bertz CT molecular complexity index is 148. The van der Waals surface area contributed by atoms with Crippen LogP contribution in [0.4, 0.5) is 0 Å². The summed E-state index contributed by atoms with van der Waals surface area (Å²) >= 11 is 5.44. The maximum Gasteiger partial charge on any atom is 0.185 e. The second-order valence-electron chi connectivity index (χ2n) is 1.41. The van der Waals surface area contributed by atoms with Crippen molar-refractivity contribution in [1.29, 1.82) is 5.26 Å². The second-order valence-corrected chi connectivity index (χ2v) is 1.84. The van der Waals surface area contributed by atoms with E-state index < -0.39 is 0 Å². The maximum atomic E-state index is 8.22. The molecule has 0 aromatic heterocycles. The number of nitrogens with zero attached hydrogens (tertiary/aromatic N) is 3. The summed E-state index contributed by atoms with van der Waals surface area (Å²) in [6.45, 7) is 0.456. The molecule has 4 heteroatoms. The molecule has 0 aromatic carbocycles. The van der Waals surface area contributed by atoms with Gasteiger partial charge in [0, 0.05) is 24.2 Å². The largest absolute Gasteiger partial charge is 0.271 e. The summed E-state index contributed by atoms with van der Waals surface area (Å²) in [7, 11) is 0. The minimum atomic E-state index is 0.456. The highest BCUT2D eigenvalue weighted by Crippen LogP contribution is 2.05. The SMILES string of the molecule is N#CN1C=CN(Cl)C1. The average molecular weight is 130 g/mol. The molecule has 0 N–H and O–H groups in total. The van der Waals surface area contributed by atoms with Crippen LogP contribution in [0.1, 0.15) is 0 Å². The highest BCUT2D eigenvalue weighted by molar-refractivity contribution is 6.14. The zero-order valence-electron chi connectivity index (χ0n) is 4.08. The third-order valence-corrected chi connectivity index (χ3v) is 1.04. The first-order valence-corrected chi connectivity index (χ1v) is 2.44. The van der Waals surface area contributed by atoms with Crippen molar-refractivity contribution in [3.8, 4) is 6.19 Å². The first-order valence-electron chi connectivity index (χ1n) is 2.10. The van der Waals surface area contributed by atoms with Crippen LogP contribution in [0.15, 0.2) is 12.4 Å². The average Bonchev–Trinajstić information content (AvgIpc) is 2.14. The third kappa shape index (κ3) is 0.849. The van der Waals surface area contributed by atoms with E-state index in [1.165, 1.54) is 9.32 Å². The van der Waals surface area contributed by atoms with Crippen LogP contribution in [0.2, 0.25) is 0 Å². The zero-order valence-corrected chi connectivity index (χ0v) is 4.84. The monoisotopic (exact) mass is 129 g/mol. The van der Waals surface area contributed by atoms with Crippen LogP contribution in [0.3, 0.4) is 0 Å². The van der Waals surface area contributed by atoms with Crippen LogP contribution in [-0.4, -0.2) is 16.0 Å². The van der Waals surface area contributed by atoms with Crippen LogP contribution in [-0.2, 0) is 0 Å². The van der Waals surface area contributed by atoms with E-state index in [0.717, 1.165) is 0 Å². The van der Waals surface area contributed by atoms with Crippen molar-refractivity contribution in [3.63, 3.8) is 0 Å². The number of hydrogen-bond acceptors (Lipinski definition) is 3. The lowest BCUT2D eigenvalue weighted by atomic mass is 10.8. The van der Waals surface area contributed by atoms with Gasteiger partial charge >= 0.3 is 0 Å². The summed E-state index contributed by atoms with van der Waals surface area (Å²) < 4.78 is 1.41. The van der Waals surface area contributed by atoms with Gasteiger partial charge in [0.2, 0.25) is 0 Å². The lowest BCUT2D eigenvalue weighted by Crippen LogP contribution is -2.13. The summed E-state index contributed by atoms with van der Waals surface area (Å²) in [5.74, 6) is 0. The molecule has 3 nitrogen and oxygen atoms in total. The minimum Gasteiger partial charge on any atom is -0.271 e. The molecule has 0 fully saturated rings. The van der Waals surface area contributed by atoms with Gasteiger partial charge in [0.25, 0.3) is 0 Å². The molecule has 0 spiro atoms. The summed E-state index contributed by atoms with van der Waals surface area (Å²) in [5.41, 5.74) is 0. The molecule has 0 atom stereocenters. The van der Waals surface area contributed by atoms with Crippen LogP contribution in [0.5, 0.6) is 0 Å². The topological polar surface area (TPSA) is 30.3 Å². The Morgan fingerprint density at radius 2 is 2.38 bits per heavy atom. The highest BCUT2D eigenvalue weighted by Gasteiger charge is 2.06. The Balaban J connectivity index is 2.49. The lowest BCUT2D eigenvalue weighted by molar-refractivity contribution is 0.450. The molecule has 42 valence electrons. The fourth-order valence-electron chi connectivity index (χ4n) is 0.458. The molecular weight excluding hydrogens is 126 g/mol. The molecular formula is C4H4ClN3. The van der Waals surface area contributed by atoms with Gasteiger partial charge in [-0.2, -0.15) is 5.26 Å². The van der Waals surface area contributed by atoms with Gasteiger partial charge in [-0.25, -0.2) is 0 Å². The summed E-state index contributed by atoms with van der Waals surface area (Å²) in [4.78, 5) is 1.42. The Kier molecular flexibility index (Phi) is 1.27. The van der Waals surface area contributed by atoms with Crippen molar-refractivity contribution in [1.82, 2.24) is 9.32 Å².